The summed E-state index contributed by atoms with van der Waals surface area (Å²) in [4.78, 5) is 0. The van der Waals surface area contributed by atoms with Crippen molar-refractivity contribution >= 4 is 0 Å². The van der Waals surface area contributed by atoms with Gasteiger partial charge >= 0.3 is 0 Å². The minimum absolute atomic E-state index is 0. The first-order valence-corrected chi connectivity index (χ1v) is 9.00. The molecule has 22 heavy (non-hydrogen) atoms. The van der Waals surface area contributed by atoms with E-state index in [1.54, 1.807) is 0 Å². The van der Waals surface area contributed by atoms with Crippen LogP contribution in [0.4, 0.5) is 4.70 Å². The van der Waals surface area contributed by atoms with Crippen molar-refractivity contribution in [3.05, 3.63) is 0 Å². The molecule has 0 aromatic carbocycles. The van der Waals surface area contributed by atoms with Gasteiger partial charge in [-0.25, -0.2) is 0 Å². The van der Waals surface area contributed by atoms with Gasteiger partial charge in [-0.05, 0) is 0 Å². The molecule has 0 aliphatic heterocycles. The number of halogens is 1. The van der Waals surface area contributed by atoms with Crippen molar-refractivity contribution in [1.29, 1.82) is 0 Å². The van der Waals surface area contributed by atoms with E-state index in [1.165, 1.54) is 116 Å². The van der Waals surface area contributed by atoms with Crippen molar-refractivity contribution in [2.24, 2.45) is 0 Å². The molecule has 3 fully saturated rings. The highest BCUT2D eigenvalue weighted by Crippen LogP contribution is 2.16. The Bertz CT molecular complexity index is 80.9. The fourth-order valence-electron chi connectivity index (χ4n) is 3.18. The fourth-order valence-corrected chi connectivity index (χ4v) is 3.18. The monoisotopic (exact) mass is 320 g/mol. The zero-order chi connectivity index (χ0) is 12.7. The van der Waals surface area contributed by atoms with E-state index in [9.17, 15) is 0 Å². The van der Waals surface area contributed by atoms with Crippen LogP contribution in [0.5, 0.6) is 0 Å². The van der Waals surface area contributed by atoms with Crippen LogP contribution < -0.4 is 0 Å². The first-order chi connectivity index (χ1) is 9.00. The second kappa shape index (κ2) is 25.9. The van der Waals surface area contributed by atoms with Crippen molar-refractivity contribution in [2.45, 2.75) is 138 Å². The molecule has 0 bridgehead atoms. The lowest BCUT2D eigenvalue weighted by Gasteiger charge is -2.05. The average Bonchev–Trinajstić information content (AvgIpc) is 2.54. The molecule has 0 nitrogen and oxygen atoms in total. The summed E-state index contributed by atoms with van der Waals surface area (Å²) in [5.41, 5.74) is 0. The van der Waals surface area contributed by atoms with Crippen LogP contribution in [0.15, 0.2) is 0 Å². The summed E-state index contributed by atoms with van der Waals surface area (Å²) in [6.07, 6.45) is 27.0. The van der Waals surface area contributed by atoms with E-state index in [-0.39, 0.29) is 27.0 Å². The number of rotatable bonds is 0. The molecule has 0 amide bonds. The molecule has 1 heteroatoms. The standard InChI is InChI=1S/3C6H12.3CH4.FH/c3*1-2-4-6-5-3-1;;;;/h3*1-6H2;3*1H4;1H. The van der Waals surface area contributed by atoms with Gasteiger partial charge in [0, 0.05) is 0 Å². The molecule has 3 rings (SSSR count). The second-order valence-corrected chi connectivity index (χ2v) is 6.36. The Labute approximate surface area is 143 Å². The van der Waals surface area contributed by atoms with Crippen molar-refractivity contribution in [1.82, 2.24) is 0 Å². The summed E-state index contributed by atoms with van der Waals surface area (Å²) in [5, 5.41) is 0. The molecule has 0 aromatic heterocycles. The minimum Gasteiger partial charge on any atom is -0.269 e. The molecule has 140 valence electrons. The van der Waals surface area contributed by atoms with E-state index in [0.717, 1.165) is 0 Å². The highest BCUT2D eigenvalue weighted by Gasteiger charge is 1.96. The quantitative estimate of drug-likeness (QED) is 0.417. The van der Waals surface area contributed by atoms with E-state index >= 15 is 0 Å². The first kappa shape index (κ1) is 29.9. The highest BCUT2D eigenvalue weighted by atomic mass is 19.0. The molecule has 0 radical (unpaired) electrons. The van der Waals surface area contributed by atoms with Gasteiger partial charge in [0.15, 0.2) is 0 Å². The van der Waals surface area contributed by atoms with Crippen LogP contribution in [0.2, 0.25) is 0 Å². The molecule has 3 aliphatic rings. The van der Waals surface area contributed by atoms with Gasteiger partial charge < -0.3 is 0 Å². The van der Waals surface area contributed by atoms with E-state index in [0.29, 0.717) is 0 Å². The summed E-state index contributed by atoms with van der Waals surface area (Å²) in [6.45, 7) is 0. The molecule has 0 aromatic rings. The van der Waals surface area contributed by atoms with Crippen molar-refractivity contribution in [3.8, 4) is 0 Å². The predicted octanol–water partition coefficient (Wildman–Crippen LogP) is 9.08. The molecule has 0 atom stereocenters. The maximum Gasteiger partial charge on any atom is -0.0533 e. The van der Waals surface area contributed by atoms with Gasteiger partial charge in [0.25, 0.3) is 0 Å². The third kappa shape index (κ3) is 22.2. The summed E-state index contributed by atoms with van der Waals surface area (Å²) >= 11 is 0. The third-order valence-corrected chi connectivity index (χ3v) is 4.50. The maximum absolute atomic E-state index is 1.50. The van der Waals surface area contributed by atoms with Crippen molar-refractivity contribution in [3.63, 3.8) is 0 Å². The van der Waals surface area contributed by atoms with Gasteiger partial charge in [0.1, 0.15) is 0 Å². The highest BCUT2D eigenvalue weighted by molar-refractivity contribution is 4.52. The molecular weight excluding hydrogens is 271 g/mol. The van der Waals surface area contributed by atoms with Gasteiger partial charge in [0.05, 0.1) is 0 Å². The summed E-state index contributed by atoms with van der Waals surface area (Å²) in [5.74, 6) is 0. The second-order valence-electron chi connectivity index (χ2n) is 6.36. The van der Waals surface area contributed by atoms with Gasteiger partial charge in [-0.15, -0.1) is 0 Å². The fraction of sp³-hybridized carbons (Fsp3) is 1.00. The maximum atomic E-state index is 1.50. The average molecular weight is 321 g/mol. The number of hydrogen-bond acceptors (Lipinski definition) is 0. The summed E-state index contributed by atoms with van der Waals surface area (Å²) in [6, 6.07) is 0. The van der Waals surface area contributed by atoms with Crippen LogP contribution in [0, 0.1) is 0 Å². The molecule has 3 saturated carbocycles. The van der Waals surface area contributed by atoms with Crippen LogP contribution in [-0.2, 0) is 0 Å². The Kier molecular flexibility index (Phi) is 35.1. The van der Waals surface area contributed by atoms with Crippen LogP contribution in [0.25, 0.3) is 0 Å². The predicted molar refractivity (Wildman–Crippen MR) is 106 cm³/mol. The Morgan fingerprint density at radius 2 is 0.227 bits per heavy atom. The van der Waals surface area contributed by atoms with Crippen LogP contribution in [0.1, 0.15) is 138 Å². The van der Waals surface area contributed by atoms with E-state index in [2.05, 4.69) is 0 Å². The molecule has 0 unspecified atom stereocenters. The van der Waals surface area contributed by atoms with E-state index in [4.69, 9.17) is 0 Å². The van der Waals surface area contributed by atoms with E-state index in [1.807, 2.05) is 0 Å². The van der Waals surface area contributed by atoms with Crippen molar-refractivity contribution < 1.29 is 4.70 Å². The molecule has 0 N–H and O–H groups in total. The lowest BCUT2D eigenvalue weighted by atomic mass is 10.0. The smallest absolute Gasteiger partial charge is 0.0533 e. The molecule has 0 saturated heterocycles. The van der Waals surface area contributed by atoms with Crippen LogP contribution in [0.3, 0.4) is 0 Å². The lowest BCUT2D eigenvalue weighted by Crippen LogP contribution is -1.85. The summed E-state index contributed by atoms with van der Waals surface area (Å²) in [7, 11) is 0. The Hall–Kier alpha value is -0.0700. The molecule has 0 heterocycles. The Morgan fingerprint density at radius 3 is 0.273 bits per heavy atom. The largest absolute Gasteiger partial charge is 0.269 e. The van der Waals surface area contributed by atoms with Gasteiger partial charge in [-0.1, -0.05) is 138 Å². The first-order valence-electron chi connectivity index (χ1n) is 9.00. The summed E-state index contributed by atoms with van der Waals surface area (Å²) < 4.78 is 0. The van der Waals surface area contributed by atoms with Gasteiger partial charge in [0.2, 0.25) is 0 Å². The van der Waals surface area contributed by atoms with Gasteiger partial charge in [-0.3, -0.25) is 4.70 Å². The zero-order valence-corrected chi connectivity index (χ0v) is 13.1. The SMILES string of the molecule is C.C.C.C1CCCCC1.C1CCCCC1.C1CCCCC1.F. The molecular formula is C21H49F. The van der Waals surface area contributed by atoms with Crippen LogP contribution >= 0.6 is 0 Å². The van der Waals surface area contributed by atoms with Crippen molar-refractivity contribution in [2.75, 3.05) is 0 Å². The number of hydrogen-bond donors (Lipinski definition) is 0. The van der Waals surface area contributed by atoms with Gasteiger partial charge in [-0.2, -0.15) is 0 Å². The molecule has 0 spiro atoms. The topological polar surface area (TPSA) is 0 Å². The minimum atomic E-state index is 0. The van der Waals surface area contributed by atoms with Crippen LogP contribution in [-0.4, -0.2) is 0 Å². The Morgan fingerprint density at radius 1 is 0.182 bits per heavy atom. The lowest BCUT2D eigenvalue weighted by molar-refractivity contribution is 0.504. The third-order valence-electron chi connectivity index (χ3n) is 4.50. The molecule has 3 aliphatic carbocycles. The Balaban J connectivity index is -0.000000101. The normalized spacial score (nSPS) is 19.6. The zero-order valence-electron chi connectivity index (χ0n) is 13.1. The van der Waals surface area contributed by atoms with E-state index < -0.39 is 0 Å².